The molecular weight excluding hydrogens is 306 g/mol. The highest BCUT2D eigenvalue weighted by Gasteiger charge is 2.21. The molecule has 0 aliphatic carbocycles. The van der Waals surface area contributed by atoms with Crippen molar-refractivity contribution < 1.29 is 19.1 Å². The number of rotatable bonds is 6. The van der Waals surface area contributed by atoms with Crippen molar-refractivity contribution in [3.8, 4) is 5.75 Å². The molecule has 2 rings (SSSR count). The number of benzene rings is 1. The average Bonchev–Trinajstić information content (AvgIpc) is 2.88. The summed E-state index contributed by atoms with van der Waals surface area (Å²) in [5.74, 6) is 0.152. The summed E-state index contributed by atoms with van der Waals surface area (Å²) < 4.78 is 10.1. The smallest absolute Gasteiger partial charge is 0.355 e. The summed E-state index contributed by atoms with van der Waals surface area (Å²) in [5, 5.41) is 0. The number of aromatic amines is 1. The van der Waals surface area contributed by atoms with Crippen LogP contribution in [0.15, 0.2) is 30.3 Å². The number of ketones is 1. The van der Waals surface area contributed by atoms with Crippen LogP contribution in [0.4, 0.5) is 0 Å². The van der Waals surface area contributed by atoms with Crippen molar-refractivity contribution in [3.05, 3.63) is 58.4 Å². The van der Waals surface area contributed by atoms with Crippen LogP contribution in [0.25, 0.3) is 6.08 Å². The Kier molecular flexibility index (Phi) is 5.58. The van der Waals surface area contributed by atoms with E-state index in [0.29, 0.717) is 22.5 Å². The van der Waals surface area contributed by atoms with Gasteiger partial charge in [0.15, 0.2) is 5.78 Å². The van der Waals surface area contributed by atoms with Crippen LogP contribution in [0.2, 0.25) is 0 Å². The minimum Gasteiger partial charge on any atom is -0.497 e. The van der Waals surface area contributed by atoms with Crippen molar-refractivity contribution >= 4 is 17.8 Å². The summed E-state index contributed by atoms with van der Waals surface area (Å²) >= 11 is 0. The Morgan fingerprint density at radius 1 is 1.17 bits per heavy atom. The molecule has 1 aromatic carbocycles. The topological polar surface area (TPSA) is 68.4 Å². The molecule has 0 radical (unpaired) electrons. The summed E-state index contributed by atoms with van der Waals surface area (Å²) in [6, 6.07) is 7.39. The van der Waals surface area contributed by atoms with Gasteiger partial charge < -0.3 is 14.5 Å². The lowest BCUT2D eigenvalue weighted by molar-refractivity contribution is 0.0519. The number of carbonyl (C=O) groups excluding carboxylic acids is 2. The lowest BCUT2D eigenvalue weighted by Crippen LogP contribution is -2.07. The normalized spacial score (nSPS) is 10.8. The van der Waals surface area contributed by atoms with Gasteiger partial charge in [0.1, 0.15) is 11.4 Å². The molecule has 24 heavy (non-hydrogen) atoms. The number of esters is 1. The third-order valence-corrected chi connectivity index (χ3v) is 3.71. The molecule has 0 saturated heterocycles. The Morgan fingerprint density at radius 3 is 2.42 bits per heavy atom. The molecule has 0 saturated carbocycles. The van der Waals surface area contributed by atoms with Crippen molar-refractivity contribution in [1.29, 1.82) is 0 Å². The number of ether oxygens (including phenoxy) is 2. The van der Waals surface area contributed by atoms with E-state index in [1.54, 1.807) is 34.0 Å². The fourth-order valence-corrected chi connectivity index (χ4v) is 2.50. The fourth-order valence-electron chi connectivity index (χ4n) is 2.50. The first-order valence-electron chi connectivity index (χ1n) is 7.70. The molecule has 5 heteroatoms. The maximum atomic E-state index is 12.5. The molecule has 0 atom stereocenters. The van der Waals surface area contributed by atoms with E-state index in [1.165, 1.54) is 6.08 Å². The lowest BCUT2D eigenvalue weighted by atomic mass is 10.0. The Bertz CT molecular complexity index is 769. The number of allylic oxidation sites excluding steroid dienone is 1. The number of aryl methyl sites for hydroxylation is 1. The zero-order valence-corrected chi connectivity index (χ0v) is 14.3. The second kappa shape index (κ2) is 7.64. The molecule has 0 unspecified atom stereocenters. The molecule has 0 spiro atoms. The van der Waals surface area contributed by atoms with Crippen LogP contribution in [0.5, 0.6) is 5.75 Å². The third kappa shape index (κ3) is 3.74. The second-order valence-corrected chi connectivity index (χ2v) is 5.32. The van der Waals surface area contributed by atoms with E-state index in [4.69, 9.17) is 9.47 Å². The van der Waals surface area contributed by atoms with Crippen LogP contribution in [0.1, 0.15) is 44.6 Å². The molecule has 126 valence electrons. The highest BCUT2D eigenvalue weighted by atomic mass is 16.5. The maximum Gasteiger partial charge on any atom is 0.355 e. The van der Waals surface area contributed by atoms with Gasteiger partial charge in [-0.25, -0.2) is 4.79 Å². The van der Waals surface area contributed by atoms with Crippen LogP contribution in [-0.2, 0) is 4.74 Å². The number of carbonyl (C=O) groups is 2. The van der Waals surface area contributed by atoms with Crippen LogP contribution in [-0.4, -0.2) is 30.5 Å². The maximum absolute atomic E-state index is 12.5. The third-order valence-electron chi connectivity index (χ3n) is 3.71. The van der Waals surface area contributed by atoms with Crippen LogP contribution < -0.4 is 4.74 Å². The van der Waals surface area contributed by atoms with Crippen molar-refractivity contribution in [1.82, 2.24) is 4.98 Å². The van der Waals surface area contributed by atoms with Gasteiger partial charge in [-0.3, -0.25) is 4.79 Å². The molecule has 0 aliphatic heterocycles. The number of hydrogen-bond donors (Lipinski definition) is 1. The summed E-state index contributed by atoms with van der Waals surface area (Å²) in [5.41, 5.74) is 2.98. The van der Waals surface area contributed by atoms with Crippen molar-refractivity contribution in [2.45, 2.75) is 20.8 Å². The number of nitrogens with one attached hydrogen (secondary N) is 1. The minimum absolute atomic E-state index is 0.160. The number of aromatic nitrogens is 1. The van der Waals surface area contributed by atoms with Crippen molar-refractivity contribution in [3.63, 3.8) is 0 Å². The largest absolute Gasteiger partial charge is 0.497 e. The lowest BCUT2D eigenvalue weighted by Gasteiger charge is -2.01. The molecule has 0 aliphatic rings. The van der Waals surface area contributed by atoms with Gasteiger partial charge in [0.2, 0.25) is 0 Å². The van der Waals surface area contributed by atoms with Gasteiger partial charge in [0, 0.05) is 11.3 Å². The number of H-pyrrole nitrogens is 1. The van der Waals surface area contributed by atoms with Crippen LogP contribution >= 0.6 is 0 Å². The minimum atomic E-state index is -0.448. The molecule has 5 nitrogen and oxygen atoms in total. The van der Waals surface area contributed by atoms with Crippen molar-refractivity contribution in [2.24, 2.45) is 0 Å². The molecule has 1 N–H and O–H groups in total. The Balaban J connectivity index is 2.23. The zero-order chi connectivity index (χ0) is 17.7. The Morgan fingerprint density at radius 2 is 1.83 bits per heavy atom. The predicted octanol–water partition coefficient (Wildman–Crippen LogP) is 3.71. The SMILES string of the molecule is CCOC(=O)c1[nH]c(C)c(C(=O)/C=C/c2ccc(OC)cc2)c1C. The van der Waals surface area contributed by atoms with E-state index in [2.05, 4.69) is 4.98 Å². The van der Waals surface area contributed by atoms with E-state index < -0.39 is 5.97 Å². The predicted molar refractivity (Wildman–Crippen MR) is 92.6 cm³/mol. The molecule has 1 aromatic heterocycles. The van der Waals surface area contributed by atoms with E-state index in [9.17, 15) is 9.59 Å². The molecule has 1 heterocycles. The Hall–Kier alpha value is -2.82. The Labute approximate surface area is 141 Å². The van der Waals surface area contributed by atoms with Gasteiger partial charge in [-0.2, -0.15) is 0 Å². The first kappa shape index (κ1) is 17.5. The van der Waals surface area contributed by atoms with Gasteiger partial charge in [0.25, 0.3) is 0 Å². The van der Waals surface area contributed by atoms with Gasteiger partial charge >= 0.3 is 5.97 Å². The van der Waals surface area contributed by atoms with Gasteiger partial charge in [0.05, 0.1) is 13.7 Å². The molecule has 0 amide bonds. The first-order valence-corrected chi connectivity index (χ1v) is 7.70. The summed E-state index contributed by atoms with van der Waals surface area (Å²) in [4.78, 5) is 27.3. The van der Waals surface area contributed by atoms with Gasteiger partial charge in [-0.15, -0.1) is 0 Å². The van der Waals surface area contributed by atoms with Gasteiger partial charge in [-0.1, -0.05) is 18.2 Å². The quantitative estimate of drug-likeness (QED) is 0.499. The fraction of sp³-hybridized carbons (Fsp3) is 0.263. The monoisotopic (exact) mass is 327 g/mol. The summed E-state index contributed by atoms with van der Waals surface area (Å²) in [6.07, 6.45) is 3.23. The molecule has 2 aromatic rings. The highest BCUT2D eigenvalue weighted by molar-refractivity contribution is 6.10. The zero-order valence-electron chi connectivity index (χ0n) is 14.3. The number of methoxy groups -OCH3 is 1. The summed E-state index contributed by atoms with van der Waals surface area (Å²) in [7, 11) is 1.60. The highest BCUT2D eigenvalue weighted by Crippen LogP contribution is 2.20. The average molecular weight is 327 g/mol. The van der Waals surface area contributed by atoms with Crippen LogP contribution in [0.3, 0.4) is 0 Å². The molecule has 0 fully saturated rings. The van der Waals surface area contributed by atoms with Crippen molar-refractivity contribution in [2.75, 3.05) is 13.7 Å². The van der Waals surface area contributed by atoms with Gasteiger partial charge in [-0.05, 0) is 50.1 Å². The second-order valence-electron chi connectivity index (χ2n) is 5.32. The van der Waals surface area contributed by atoms with E-state index in [1.807, 2.05) is 24.3 Å². The molecule has 0 bridgehead atoms. The number of hydrogen-bond acceptors (Lipinski definition) is 4. The van der Waals surface area contributed by atoms with E-state index >= 15 is 0 Å². The summed E-state index contributed by atoms with van der Waals surface area (Å²) in [6.45, 7) is 5.54. The standard InChI is InChI=1S/C19H21NO4/c1-5-24-19(22)18-12(2)17(13(3)20-18)16(21)11-8-14-6-9-15(23-4)10-7-14/h6-11,20H,5H2,1-4H3/b11-8+. The van der Waals surface area contributed by atoms with Crippen LogP contribution in [0, 0.1) is 13.8 Å². The van der Waals surface area contributed by atoms with E-state index in [0.717, 1.165) is 11.3 Å². The molecular formula is C19H21NO4. The first-order chi connectivity index (χ1) is 11.5. The van der Waals surface area contributed by atoms with E-state index in [-0.39, 0.29) is 12.4 Å².